The van der Waals surface area contributed by atoms with Crippen molar-refractivity contribution in [1.29, 1.82) is 0 Å². The SMILES string of the molecule is CCC(NC(=O)c1n[nH]c([N+](=O)[O-])c1Br)c1ccc(C)cc1. The molecule has 7 nitrogen and oxygen atoms in total. The van der Waals surface area contributed by atoms with Crippen LogP contribution in [0.15, 0.2) is 28.7 Å². The Balaban J connectivity index is 2.19. The van der Waals surface area contributed by atoms with E-state index < -0.39 is 10.8 Å². The van der Waals surface area contributed by atoms with Gasteiger partial charge in [0.2, 0.25) is 0 Å². The van der Waals surface area contributed by atoms with Crippen LogP contribution in [-0.4, -0.2) is 21.0 Å². The van der Waals surface area contributed by atoms with Crippen molar-refractivity contribution in [2.24, 2.45) is 0 Å². The van der Waals surface area contributed by atoms with Gasteiger partial charge >= 0.3 is 5.82 Å². The fourth-order valence-electron chi connectivity index (χ4n) is 2.04. The van der Waals surface area contributed by atoms with Crippen LogP contribution in [0.5, 0.6) is 0 Å². The Labute approximate surface area is 135 Å². The van der Waals surface area contributed by atoms with Crippen LogP contribution in [0.25, 0.3) is 0 Å². The second-order valence-electron chi connectivity index (χ2n) is 4.84. The summed E-state index contributed by atoms with van der Waals surface area (Å²) in [5.41, 5.74) is 2.08. The summed E-state index contributed by atoms with van der Waals surface area (Å²) in [5.74, 6) is -0.808. The highest BCUT2D eigenvalue weighted by atomic mass is 79.9. The summed E-state index contributed by atoms with van der Waals surface area (Å²) in [4.78, 5) is 22.4. The van der Waals surface area contributed by atoms with Crippen LogP contribution in [-0.2, 0) is 0 Å². The van der Waals surface area contributed by atoms with Gasteiger partial charge in [-0.05, 0) is 39.8 Å². The van der Waals surface area contributed by atoms with Gasteiger partial charge in [-0.2, -0.15) is 0 Å². The van der Waals surface area contributed by atoms with Gasteiger partial charge in [0.1, 0.15) is 4.47 Å². The molecule has 8 heteroatoms. The molecular formula is C14H15BrN4O3. The summed E-state index contributed by atoms with van der Waals surface area (Å²) in [6.45, 7) is 3.94. The zero-order chi connectivity index (χ0) is 16.3. The Kier molecular flexibility index (Phi) is 4.92. The zero-order valence-electron chi connectivity index (χ0n) is 12.1. The molecule has 0 fully saturated rings. The van der Waals surface area contributed by atoms with E-state index in [1.54, 1.807) is 0 Å². The largest absolute Gasteiger partial charge is 0.358 e. The highest BCUT2D eigenvalue weighted by Gasteiger charge is 2.26. The fourth-order valence-corrected chi connectivity index (χ4v) is 2.54. The first-order valence-corrected chi connectivity index (χ1v) is 7.49. The number of nitrogens with zero attached hydrogens (tertiary/aromatic N) is 2. The van der Waals surface area contributed by atoms with E-state index in [1.807, 2.05) is 38.1 Å². The summed E-state index contributed by atoms with van der Waals surface area (Å²) in [7, 11) is 0. The van der Waals surface area contributed by atoms with Crippen molar-refractivity contribution in [3.05, 3.63) is 55.7 Å². The van der Waals surface area contributed by atoms with Crippen molar-refractivity contribution >= 4 is 27.7 Å². The van der Waals surface area contributed by atoms with Gasteiger partial charge in [0, 0.05) is 0 Å². The lowest BCUT2D eigenvalue weighted by Gasteiger charge is -2.16. The maximum Gasteiger partial charge on any atom is 0.357 e. The molecule has 1 aromatic carbocycles. The normalized spacial score (nSPS) is 12.0. The van der Waals surface area contributed by atoms with E-state index in [2.05, 4.69) is 31.4 Å². The quantitative estimate of drug-likeness (QED) is 0.626. The first-order chi connectivity index (χ1) is 10.4. The van der Waals surface area contributed by atoms with Crippen LogP contribution in [0.2, 0.25) is 0 Å². The molecule has 2 rings (SSSR count). The molecule has 1 atom stereocenters. The molecule has 1 amide bonds. The predicted molar refractivity (Wildman–Crippen MR) is 84.6 cm³/mol. The number of amides is 1. The van der Waals surface area contributed by atoms with E-state index in [-0.39, 0.29) is 22.0 Å². The maximum absolute atomic E-state index is 12.3. The number of nitro groups is 1. The minimum atomic E-state index is -0.634. The molecule has 0 radical (unpaired) electrons. The Morgan fingerprint density at radius 3 is 2.59 bits per heavy atom. The third-order valence-electron chi connectivity index (χ3n) is 3.28. The van der Waals surface area contributed by atoms with E-state index in [1.165, 1.54) is 0 Å². The number of aromatic amines is 1. The first kappa shape index (κ1) is 16.2. The number of hydrogen-bond acceptors (Lipinski definition) is 4. The van der Waals surface area contributed by atoms with Gasteiger partial charge in [0.15, 0.2) is 5.69 Å². The van der Waals surface area contributed by atoms with Crippen LogP contribution < -0.4 is 5.32 Å². The van der Waals surface area contributed by atoms with Gasteiger partial charge in [-0.3, -0.25) is 4.79 Å². The smallest absolute Gasteiger partial charge is 0.357 e. The van der Waals surface area contributed by atoms with Gasteiger partial charge in [-0.25, -0.2) is 0 Å². The van der Waals surface area contributed by atoms with E-state index in [9.17, 15) is 14.9 Å². The molecule has 1 heterocycles. The number of benzene rings is 1. The Hall–Kier alpha value is -2.22. The second-order valence-corrected chi connectivity index (χ2v) is 5.63. The van der Waals surface area contributed by atoms with E-state index in [0.29, 0.717) is 6.42 Å². The van der Waals surface area contributed by atoms with Crippen molar-refractivity contribution < 1.29 is 9.72 Å². The summed E-state index contributed by atoms with van der Waals surface area (Å²) in [6.07, 6.45) is 0.693. The van der Waals surface area contributed by atoms with Crippen molar-refractivity contribution in [3.63, 3.8) is 0 Å². The molecule has 0 aliphatic rings. The zero-order valence-corrected chi connectivity index (χ0v) is 13.7. The van der Waals surface area contributed by atoms with Crippen LogP contribution in [0.1, 0.15) is 41.0 Å². The van der Waals surface area contributed by atoms with Crippen LogP contribution in [0, 0.1) is 17.0 Å². The average Bonchev–Trinajstić information content (AvgIpc) is 2.87. The second kappa shape index (κ2) is 6.69. The third-order valence-corrected chi connectivity index (χ3v) is 4.03. The topological polar surface area (TPSA) is 101 Å². The fraction of sp³-hybridized carbons (Fsp3) is 0.286. The Morgan fingerprint density at radius 1 is 1.45 bits per heavy atom. The monoisotopic (exact) mass is 366 g/mol. The van der Waals surface area contributed by atoms with Gasteiger partial charge in [-0.1, -0.05) is 41.9 Å². The van der Waals surface area contributed by atoms with E-state index in [4.69, 9.17) is 0 Å². The highest BCUT2D eigenvalue weighted by Crippen LogP contribution is 2.26. The number of rotatable bonds is 5. The summed E-state index contributed by atoms with van der Waals surface area (Å²) in [5, 5.41) is 19.5. The molecule has 116 valence electrons. The first-order valence-electron chi connectivity index (χ1n) is 6.69. The number of aromatic nitrogens is 2. The van der Waals surface area contributed by atoms with Crippen molar-refractivity contribution in [1.82, 2.24) is 15.5 Å². The Morgan fingerprint density at radius 2 is 2.09 bits per heavy atom. The third kappa shape index (κ3) is 3.33. The van der Waals surface area contributed by atoms with Crippen LogP contribution in [0.3, 0.4) is 0 Å². The van der Waals surface area contributed by atoms with Gasteiger partial charge in [0.25, 0.3) is 5.91 Å². The molecule has 2 N–H and O–H groups in total. The lowest BCUT2D eigenvalue weighted by Crippen LogP contribution is -2.28. The van der Waals surface area contributed by atoms with Crippen LogP contribution in [0.4, 0.5) is 5.82 Å². The molecule has 0 saturated heterocycles. The summed E-state index contributed by atoms with van der Waals surface area (Å²) >= 11 is 3.03. The minimum Gasteiger partial charge on any atom is -0.358 e. The molecule has 2 aromatic rings. The molecule has 1 aromatic heterocycles. The molecule has 0 aliphatic heterocycles. The minimum absolute atomic E-state index is 0.0303. The maximum atomic E-state index is 12.3. The van der Waals surface area contributed by atoms with E-state index in [0.717, 1.165) is 11.1 Å². The van der Waals surface area contributed by atoms with Crippen molar-refractivity contribution in [2.75, 3.05) is 0 Å². The van der Waals surface area contributed by atoms with Gasteiger partial charge in [-0.15, -0.1) is 5.10 Å². The van der Waals surface area contributed by atoms with E-state index >= 15 is 0 Å². The molecule has 0 saturated carbocycles. The average molecular weight is 367 g/mol. The molecular weight excluding hydrogens is 352 g/mol. The number of halogens is 1. The standard InChI is InChI=1S/C14H15BrN4O3/c1-3-10(9-6-4-8(2)5-7-9)16-14(20)12-11(15)13(18-17-12)19(21)22/h4-7,10H,3H2,1-2H3,(H,16,20)(H,17,18). The van der Waals surface area contributed by atoms with Crippen molar-refractivity contribution in [2.45, 2.75) is 26.3 Å². The highest BCUT2D eigenvalue weighted by molar-refractivity contribution is 9.10. The number of nitrogens with one attached hydrogen (secondary N) is 2. The number of aryl methyl sites for hydroxylation is 1. The number of H-pyrrole nitrogens is 1. The number of hydrogen-bond donors (Lipinski definition) is 2. The predicted octanol–water partition coefficient (Wildman–Crippen LogP) is 3.27. The van der Waals surface area contributed by atoms with Gasteiger partial charge < -0.3 is 15.4 Å². The molecule has 0 aliphatic carbocycles. The van der Waals surface area contributed by atoms with Crippen molar-refractivity contribution in [3.8, 4) is 0 Å². The molecule has 0 spiro atoms. The summed E-state index contributed by atoms with van der Waals surface area (Å²) in [6, 6.07) is 7.66. The lowest BCUT2D eigenvalue weighted by atomic mass is 10.0. The summed E-state index contributed by atoms with van der Waals surface area (Å²) < 4.78 is 0.0498. The van der Waals surface area contributed by atoms with Crippen LogP contribution >= 0.6 is 15.9 Å². The number of carbonyl (C=O) groups excluding carboxylic acids is 1. The molecule has 0 bridgehead atoms. The lowest BCUT2D eigenvalue weighted by molar-refractivity contribution is -0.390. The molecule has 22 heavy (non-hydrogen) atoms. The van der Waals surface area contributed by atoms with Gasteiger partial charge in [0.05, 0.1) is 6.04 Å². The Bertz CT molecular complexity index is 697. The number of carbonyl (C=O) groups is 1. The molecule has 1 unspecified atom stereocenters.